The van der Waals surface area contributed by atoms with E-state index in [9.17, 15) is 21.6 Å². The molecule has 0 spiro atoms. The quantitative estimate of drug-likeness (QED) is 0.624. The fourth-order valence-electron chi connectivity index (χ4n) is 3.58. The number of sulfonamides is 2. The molecule has 0 bridgehead atoms. The van der Waals surface area contributed by atoms with Crippen LogP contribution in [0.15, 0.2) is 34.1 Å². The Hall–Kier alpha value is -1.53. The Morgan fingerprint density at radius 1 is 1.00 bits per heavy atom. The molecule has 1 N–H and O–H groups in total. The van der Waals surface area contributed by atoms with Gasteiger partial charge in [-0.3, -0.25) is 4.79 Å². The minimum atomic E-state index is -3.82. The van der Waals surface area contributed by atoms with Crippen LogP contribution >= 0.6 is 0 Å². The zero-order valence-corrected chi connectivity index (χ0v) is 18.0. The number of nitrogens with zero attached hydrogens (tertiary/aromatic N) is 2. The topological polar surface area (TPSA) is 113 Å². The number of piperazine rings is 1. The maximum atomic E-state index is 13.0. The number of hydrogen-bond acceptors (Lipinski definition) is 7. The van der Waals surface area contributed by atoms with Gasteiger partial charge in [-0.1, -0.05) is 0 Å². The molecule has 29 heavy (non-hydrogen) atoms. The third-order valence-electron chi connectivity index (χ3n) is 5.18. The summed E-state index contributed by atoms with van der Waals surface area (Å²) in [6.45, 7) is 4.29. The standard InChI is InChI=1S/C18H27N3O6S2/c1-2-27-18(22)15-4-3-11-21(14-15)29(25,26)17-7-5-16(6-8-17)28(23,24)20-12-9-19-10-13-20/h5-8,15,19H,2-4,9-14H2,1H3/t15-/m1/s1. The predicted molar refractivity (Wildman–Crippen MR) is 106 cm³/mol. The smallest absolute Gasteiger partial charge is 0.310 e. The second-order valence-corrected chi connectivity index (χ2v) is 11.0. The van der Waals surface area contributed by atoms with Gasteiger partial charge >= 0.3 is 5.97 Å². The Bertz CT molecular complexity index is 925. The molecule has 0 unspecified atom stereocenters. The van der Waals surface area contributed by atoms with Crippen molar-refractivity contribution < 1.29 is 26.4 Å². The third-order valence-corrected chi connectivity index (χ3v) is 8.97. The molecule has 2 aliphatic rings. The van der Waals surface area contributed by atoms with Gasteiger partial charge in [-0.2, -0.15) is 8.61 Å². The molecule has 0 saturated carbocycles. The lowest BCUT2D eigenvalue weighted by Crippen LogP contribution is -2.46. The molecule has 0 aromatic heterocycles. The van der Waals surface area contributed by atoms with Crippen LogP contribution in [0.25, 0.3) is 0 Å². The molecule has 9 nitrogen and oxygen atoms in total. The van der Waals surface area contributed by atoms with Gasteiger partial charge in [-0.25, -0.2) is 16.8 Å². The van der Waals surface area contributed by atoms with E-state index in [1.54, 1.807) is 6.92 Å². The minimum absolute atomic E-state index is 0.0151. The normalized spacial score (nSPS) is 22.3. The largest absolute Gasteiger partial charge is 0.466 e. The summed E-state index contributed by atoms with van der Waals surface area (Å²) in [7, 11) is -7.48. The molecule has 162 valence electrons. The van der Waals surface area contributed by atoms with Crippen molar-refractivity contribution in [2.75, 3.05) is 45.9 Å². The summed E-state index contributed by atoms with van der Waals surface area (Å²) >= 11 is 0. The summed E-state index contributed by atoms with van der Waals surface area (Å²) in [5.41, 5.74) is 0. The van der Waals surface area contributed by atoms with Crippen LogP contribution in [-0.4, -0.2) is 77.3 Å². The Morgan fingerprint density at radius 2 is 1.55 bits per heavy atom. The summed E-state index contributed by atoms with van der Waals surface area (Å²) in [6, 6.07) is 5.30. The van der Waals surface area contributed by atoms with Gasteiger partial charge in [0.1, 0.15) is 0 Å². The van der Waals surface area contributed by atoms with Gasteiger partial charge in [-0.15, -0.1) is 0 Å². The van der Waals surface area contributed by atoms with Crippen LogP contribution in [0.3, 0.4) is 0 Å². The maximum Gasteiger partial charge on any atom is 0.310 e. The van der Waals surface area contributed by atoms with Crippen molar-refractivity contribution in [1.29, 1.82) is 0 Å². The number of esters is 1. The maximum absolute atomic E-state index is 13.0. The van der Waals surface area contributed by atoms with Crippen LogP contribution in [-0.2, 0) is 29.6 Å². The molecular formula is C18H27N3O6S2. The predicted octanol–water partition coefficient (Wildman–Crippen LogP) is 0.244. The fourth-order valence-corrected chi connectivity index (χ4v) is 6.54. The van der Waals surface area contributed by atoms with Gasteiger partial charge in [0.05, 0.1) is 22.3 Å². The molecular weight excluding hydrogens is 418 g/mol. The third kappa shape index (κ3) is 4.80. The van der Waals surface area contributed by atoms with Crippen LogP contribution < -0.4 is 5.32 Å². The number of nitrogens with one attached hydrogen (secondary N) is 1. The van der Waals surface area contributed by atoms with E-state index in [1.807, 2.05) is 0 Å². The van der Waals surface area contributed by atoms with Crippen molar-refractivity contribution in [3.63, 3.8) is 0 Å². The fraction of sp³-hybridized carbons (Fsp3) is 0.611. The van der Waals surface area contributed by atoms with Crippen molar-refractivity contribution in [1.82, 2.24) is 13.9 Å². The number of carbonyl (C=O) groups excluding carboxylic acids is 1. The van der Waals surface area contributed by atoms with E-state index in [0.29, 0.717) is 45.6 Å². The lowest BCUT2D eigenvalue weighted by atomic mass is 10.0. The summed E-state index contributed by atoms with van der Waals surface area (Å²) in [5.74, 6) is -0.865. The molecule has 0 aliphatic carbocycles. The molecule has 1 atom stereocenters. The van der Waals surface area contributed by atoms with E-state index in [4.69, 9.17) is 4.74 Å². The molecule has 3 rings (SSSR count). The first-order valence-electron chi connectivity index (χ1n) is 9.74. The van der Waals surface area contributed by atoms with E-state index >= 15 is 0 Å². The summed E-state index contributed by atoms with van der Waals surface area (Å²) in [4.78, 5) is 12.1. The van der Waals surface area contributed by atoms with Gasteiger partial charge in [0.2, 0.25) is 20.0 Å². The van der Waals surface area contributed by atoms with Crippen molar-refractivity contribution >= 4 is 26.0 Å². The average molecular weight is 446 g/mol. The van der Waals surface area contributed by atoms with E-state index in [2.05, 4.69) is 5.32 Å². The average Bonchev–Trinajstić information content (AvgIpc) is 2.74. The molecule has 1 aromatic rings. The first kappa shape index (κ1) is 22.2. The first-order valence-corrected chi connectivity index (χ1v) is 12.6. The molecule has 1 aromatic carbocycles. The first-order chi connectivity index (χ1) is 13.8. The van der Waals surface area contributed by atoms with Crippen molar-refractivity contribution in [3.8, 4) is 0 Å². The Labute approximate surface area is 172 Å². The highest BCUT2D eigenvalue weighted by molar-refractivity contribution is 7.89. The van der Waals surface area contributed by atoms with Crippen LogP contribution in [0.4, 0.5) is 0 Å². The van der Waals surface area contributed by atoms with E-state index in [-0.39, 0.29) is 28.9 Å². The molecule has 2 heterocycles. The van der Waals surface area contributed by atoms with Crippen LogP contribution in [0.1, 0.15) is 19.8 Å². The molecule has 0 radical (unpaired) electrons. The van der Waals surface area contributed by atoms with E-state index in [0.717, 1.165) is 0 Å². The van der Waals surface area contributed by atoms with Gasteiger partial charge in [0.25, 0.3) is 0 Å². The SMILES string of the molecule is CCOC(=O)[C@@H]1CCCN(S(=O)(=O)c2ccc(S(=O)(=O)N3CCNCC3)cc2)C1. The second kappa shape index (κ2) is 9.09. The highest BCUT2D eigenvalue weighted by Gasteiger charge is 2.34. The molecule has 2 aliphatic heterocycles. The molecule has 2 saturated heterocycles. The minimum Gasteiger partial charge on any atom is -0.466 e. The van der Waals surface area contributed by atoms with E-state index in [1.165, 1.54) is 32.9 Å². The van der Waals surface area contributed by atoms with Crippen LogP contribution in [0.5, 0.6) is 0 Å². The van der Waals surface area contributed by atoms with Gasteiger partial charge in [0, 0.05) is 39.3 Å². The summed E-state index contributed by atoms with van der Waals surface area (Å²) in [5, 5.41) is 3.10. The monoisotopic (exact) mass is 445 g/mol. The summed E-state index contributed by atoms with van der Waals surface area (Å²) < 4.78 is 59.1. The zero-order valence-electron chi connectivity index (χ0n) is 16.4. The van der Waals surface area contributed by atoms with Crippen LogP contribution in [0.2, 0.25) is 0 Å². The number of hydrogen-bond donors (Lipinski definition) is 1. The van der Waals surface area contributed by atoms with Crippen molar-refractivity contribution in [2.24, 2.45) is 5.92 Å². The zero-order chi connectivity index (χ0) is 21.1. The number of rotatable bonds is 6. The Balaban J connectivity index is 1.77. The highest BCUT2D eigenvalue weighted by atomic mass is 32.2. The lowest BCUT2D eigenvalue weighted by molar-refractivity contribution is -0.149. The van der Waals surface area contributed by atoms with Crippen molar-refractivity contribution in [3.05, 3.63) is 24.3 Å². The number of ether oxygens (including phenoxy) is 1. The number of carbonyl (C=O) groups is 1. The molecule has 11 heteroatoms. The Morgan fingerprint density at radius 3 is 2.10 bits per heavy atom. The molecule has 0 amide bonds. The van der Waals surface area contributed by atoms with Gasteiger partial charge in [-0.05, 0) is 44.0 Å². The Kier molecular flexibility index (Phi) is 6.94. The number of piperidine rings is 1. The van der Waals surface area contributed by atoms with Gasteiger partial charge < -0.3 is 10.1 Å². The van der Waals surface area contributed by atoms with E-state index < -0.39 is 26.0 Å². The molecule has 2 fully saturated rings. The second-order valence-electron chi connectivity index (χ2n) is 7.08. The number of benzene rings is 1. The highest BCUT2D eigenvalue weighted by Crippen LogP contribution is 2.26. The summed E-state index contributed by atoms with van der Waals surface area (Å²) in [6.07, 6.45) is 1.16. The van der Waals surface area contributed by atoms with Gasteiger partial charge in [0.15, 0.2) is 0 Å². The van der Waals surface area contributed by atoms with Crippen LogP contribution in [0, 0.1) is 5.92 Å². The lowest BCUT2D eigenvalue weighted by Gasteiger charge is -2.30. The van der Waals surface area contributed by atoms with Crippen molar-refractivity contribution in [2.45, 2.75) is 29.6 Å².